The molecule has 0 aromatic carbocycles. The first-order valence-electron chi connectivity index (χ1n) is 6.84. The van der Waals surface area contributed by atoms with E-state index in [0.29, 0.717) is 17.7 Å². The van der Waals surface area contributed by atoms with Crippen LogP contribution >= 0.6 is 0 Å². The normalized spacial score (nSPS) is 15.9. The number of pyridine rings is 1. The summed E-state index contributed by atoms with van der Waals surface area (Å²) in [5, 5.41) is 8.96. The molecule has 1 aliphatic rings. The van der Waals surface area contributed by atoms with Crippen molar-refractivity contribution in [1.82, 2.24) is 4.98 Å². The maximum absolute atomic E-state index is 8.96. The molecule has 3 nitrogen and oxygen atoms in total. The van der Waals surface area contributed by atoms with E-state index in [4.69, 9.17) is 5.26 Å². The van der Waals surface area contributed by atoms with Crippen LogP contribution in [0.3, 0.4) is 0 Å². The zero-order valence-electron chi connectivity index (χ0n) is 11.3. The van der Waals surface area contributed by atoms with Crippen molar-refractivity contribution in [2.75, 3.05) is 11.4 Å². The summed E-state index contributed by atoms with van der Waals surface area (Å²) in [6.45, 7) is 5.48. The minimum Gasteiger partial charge on any atom is -0.353 e. The van der Waals surface area contributed by atoms with E-state index in [-0.39, 0.29) is 0 Å². The molecule has 0 spiro atoms. The van der Waals surface area contributed by atoms with Gasteiger partial charge in [-0.3, -0.25) is 0 Å². The Morgan fingerprint density at radius 2 is 2.11 bits per heavy atom. The molecule has 0 unspecified atom stereocenters. The first kappa shape index (κ1) is 12.9. The lowest BCUT2D eigenvalue weighted by molar-refractivity contribution is 0.531. The lowest BCUT2D eigenvalue weighted by atomic mass is 10.1. The summed E-state index contributed by atoms with van der Waals surface area (Å²) in [6, 6.07) is 8.47. The molecule has 0 N–H and O–H groups in total. The van der Waals surface area contributed by atoms with Gasteiger partial charge in [-0.1, -0.05) is 32.8 Å². The van der Waals surface area contributed by atoms with Gasteiger partial charge in [0.25, 0.3) is 0 Å². The van der Waals surface area contributed by atoms with Crippen molar-refractivity contribution < 1.29 is 0 Å². The highest BCUT2D eigenvalue weighted by atomic mass is 15.2. The summed E-state index contributed by atoms with van der Waals surface area (Å²) in [7, 11) is 0. The van der Waals surface area contributed by atoms with Crippen LogP contribution in [0.1, 0.15) is 45.2 Å². The Labute approximate surface area is 109 Å². The number of hydrogen-bond acceptors (Lipinski definition) is 3. The lowest BCUT2D eigenvalue weighted by Crippen LogP contribution is -2.37. The van der Waals surface area contributed by atoms with Crippen LogP contribution in [0.5, 0.6) is 0 Å². The molecule has 0 radical (unpaired) electrons. The largest absolute Gasteiger partial charge is 0.353 e. The van der Waals surface area contributed by atoms with Gasteiger partial charge in [-0.15, -0.1) is 0 Å². The van der Waals surface area contributed by atoms with E-state index in [1.165, 1.54) is 25.7 Å². The highest BCUT2D eigenvalue weighted by Gasteiger charge is 2.24. The van der Waals surface area contributed by atoms with Gasteiger partial charge >= 0.3 is 0 Å². The van der Waals surface area contributed by atoms with Crippen molar-refractivity contribution in [3.63, 3.8) is 0 Å². The molecule has 1 heterocycles. The van der Waals surface area contributed by atoms with Crippen molar-refractivity contribution in [1.29, 1.82) is 5.26 Å². The summed E-state index contributed by atoms with van der Waals surface area (Å²) in [5.74, 6) is 1.58. The molecule has 1 aromatic rings. The molecular weight excluding hydrogens is 222 g/mol. The Morgan fingerprint density at radius 1 is 1.39 bits per heavy atom. The fraction of sp³-hybridized carbons (Fsp3) is 0.600. The number of nitriles is 1. The molecule has 1 saturated carbocycles. The second-order valence-corrected chi connectivity index (χ2v) is 5.48. The molecule has 1 aliphatic carbocycles. The van der Waals surface area contributed by atoms with Crippen LogP contribution in [0.4, 0.5) is 5.82 Å². The van der Waals surface area contributed by atoms with E-state index in [1.807, 2.05) is 12.1 Å². The molecule has 1 aromatic heterocycles. The van der Waals surface area contributed by atoms with Crippen LogP contribution in [0, 0.1) is 17.2 Å². The third-order valence-corrected chi connectivity index (χ3v) is 3.47. The standard InChI is InChI=1S/C15H21N3/c1-12(2)11-18(14-7-3-4-8-14)15-9-5-6-13(10-16)17-15/h5-6,9,12,14H,3-4,7-8,11H2,1-2H3. The fourth-order valence-corrected chi connectivity index (χ4v) is 2.68. The molecule has 0 bridgehead atoms. The van der Waals surface area contributed by atoms with Crippen molar-refractivity contribution in [3.05, 3.63) is 23.9 Å². The van der Waals surface area contributed by atoms with Crippen LogP contribution in [0.25, 0.3) is 0 Å². The number of rotatable bonds is 4. The Bertz CT molecular complexity index is 428. The van der Waals surface area contributed by atoms with Crippen LogP contribution in [0.2, 0.25) is 0 Å². The van der Waals surface area contributed by atoms with E-state index >= 15 is 0 Å². The topological polar surface area (TPSA) is 39.9 Å². The van der Waals surface area contributed by atoms with Gasteiger partial charge in [-0.05, 0) is 30.9 Å². The molecule has 0 amide bonds. The molecule has 96 valence electrons. The highest BCUT2D eigenvalue weighted by Crippen LogP contribution is 2.28. The van der Waals surface area contributed by atoms with E-state index < -0.39 is 0 Å². The predicted octanol–water partition coefficient (Wildman–Crippen LogP) is 3.36. The number of hydrogen-bond donors (Lipinski definition) is 0. The van der Waals surface area contributed by atoms with E-state index in [0.717, 1.165) is 12.4 Å². The molecule has 2 rings (SSSR count). The Balaban J connectivity index is 2.23. The summed E-state index contributed by atoms with van der Waals surface area (Å²) < 4.78 is 0. The molecule has 18 heavy (non-hydrogen) atoms. The average Bonchev–Trinajstić information content (AvgIpc) is 2.89. The first-order valence-corrected chi connectivity index (χ1v) is 6.84. The second kappa shape index (κ2) is 5.86. The van der Waals surface area contributed by atoms with Gasteiger partial charge in [0.1, 0.15) is 17.6 Å². The lowest BCUT2D eigenvalue weighted by Gasteiger charge is -2.31. The van der Waals surface area contributed by atoms with Gasteiger partial charge in [-0.2, -0.15) is 5.26 Å². The first-order chi connectivity index (χ1) is 8.70. The van der Waals surface area contributed by atoms with Gasteiger partial charge in [0.2, 0.25) is 0 Å². The molecule has 3 heteroatoms. The number of anilines is 1. The van der Waals surface area contributed by atoms with Crippen LogP contribution < -0.4 is 4.90 Å². The zero-order chi connectivity index (χ0) is 13.0. The summed E-state index contributed by atoms with van der Waals surface area (Å²) in [6.07, 6.45) is 5.14. The van der Waals surface area contributed by atoms with Crippen molar-refractivity contribution in [2.24, 2.45) is 5.92 Å². The molecule has 1 fully saturated rings. The van der Waals surface area contributed by atoms with Gasteiger partial charge in [0.15, 0.2) is 0 Å². The number of nitrogens with zero attached hydrogens (tertiary/aromatic N) is 3. The van der Waals surface area contributed by atoms with Crippen LogP contribution in [-0.4, -0.2) is 17.6 Å². The second-order valence-electron chi connectivity index (χ2n) is 5.48. The Kier molecular flexibility index (Phi) is 4.19. The van der Waals surface area contributed by atoms with Gasteiger partial charge in [-0.25, -0.2) is 4.98 Å². The monoisotopic (exact) mass is 243 g/mol. The average molecular weight is 243 g/mol. The smallest absolute Gasteiger partial charge is 0.142 e. The van der Waals surface area contributed by atoms with Crippen LogP contribution in [-0.2, 0) is 0 Å². The number of aromatic nitrogens is 1. The third-order valence-electron chi connectivity index (χ3n) is 3.47. The molecule has 0 atom stereocenters. The fourth-order valence-electron chi connectivity index (χ4n) is 2.68. The van der Waals surface area contributed by atoms with Gasteiger partial charge < -0.3 is 4.90 Å². The highest BCUT2D eigenvalue weighted by molar-refractivity contribution is 5.43. The van der Waals surface area contributed by atoms with Crippen molar-refractivity contribution in [3.8, 4) is 6.07 Å². The SMILES string of the molecule is CC(C)CN(c1cccc(C#N)n1)C1CCCC1. The molecule has 0 aliphatic heterocycles. The van der Waals surface area contributed by atoms with Gasteiger partial charge in [0.05, 0.1) is 0 Å². The van der Waals surface area contributed by atoms with E-state index in [2.05, 4.69) is 29.8 Å². The van der Waals surface area contributed by atoms with Crippen molar-refractivity contribution >= 4 is 5.82 Å². The molecular formula is C15H21N3. The summed E-state index contributed by atoms with van der Waals surface area (Å²) in [5.41, 5.74) is 0.513. The van der Waals surface area contributed by atoms with E-state index in [1.54, 1.807) is 6.07 Å². The Morgan fingerprint density at radius 3 is 2.72 bits per heavy atom. The third kappa shape index (κ3) is 3.01. The minimum absolute atomic E-state index is 0.513. The summed E-state index contributed by atoms with van der Waals surface area (Å²) in [4.78, 5) is 6.86. The zero-order valence-corrected chi connectivity index (χ0v) is 11.3. The maximum Gasteiger partial charge on any atom is 0.142 e. The quantitative estimate of drug-likeness (QED) is 0.814. The molecule has 0 saturated heterocycles. The minimum atomic E-state index is 0.513. The Hall–Kier alpha value is -1.56. The van der Waals surface area contributed by atoms with Gasteiger partial charge in [0, 0.05) is 12.6 Å². The summed E-state index contributed by atoms with van der Waals surface area (Å²) >= 11 is 0. The predicted molar refractivity (Wildman–Crippen MR) is 73.4 cm³/mol. The van der Waals surface area contributed by atoms with Crippen LogP contribution in [0.15, 0.2) is 18.2 Å². The van der Waals surface area contributed by atoms with E-state index in [9.17, 15) is 0 Å². The maximum atomic E-state index is 8.96. The van der Waals surface area contributed by atoms with Crippen molar-refractivity contribution in [2.45, 2.75) is 45.6 Å².